The van der Waals surface area contributed by atoms with Crippen molar-refractivity contribution < 1.29 is 13.2 Å². The molecule has 1 fully saturated rings. The third-order valence-electron chi connectivity index (χ3n) is 5.22. The summed E-state index contributed by atoms with van der Waals surface area (Å²) < 4.78 is 28.2. The van der Waals surface area contributed by atoms with Crippen LogP contribution in [0, 0.1) is 13.8 Å². The smallest absolute Gasteiger partial charge is 0.243 e. The molecule has 150 valence electrons. The van der Waals surface area contributed by atoms with Gasteiger partial charge in [0.15, 0.2) is 0 Å². The third-order valence-corrected chi connectivity index (χ3v) is 7.21. The van der Waals surface area contributed by atoms with Gasteiger partial charge in [-0.25, -0.2) is 8.42 Å². The fourth-order valence-corrected chi connectivity index (χ4v) is 5.22. The summed E-state index contributed by atoms with van der Waals surface area (Å²) in [7, 11) is -3.76. The molecule has 0 spiro atoms. The van der Waals surface area contributed by atoms with E-state index >= 15 is 0 Å². The second-order valence-electron chi connectivity index (χ2n) is 7.43. The molecule has 2 aromatic rings. The number of hydrogen-bond donors (Lipinski definition) is 0. The van der Waals surface area contributed by atoms with Gasteiger partial charge in [0.25, 0.3) is 0 Å². The molecular formula is C22H28N2O3S. The maximum absolute atomic E-state index is 13.4. The van der Waals surface area contributed by atoms with Crippen molar-refractivity contribution in [2.24, 2.45) is 0 Å². The number of carbonyl (C=O) groups is 1. The minimum atomic E-state index is -3.76. The highest BCUT2D eigenvalue weighted by Crippen LogP contribution is 2.22. The van der Waals surface area contributed by atoms with Gasteiger partial charge in [0.1, 0.15) is 0 Å². The summed E-state index contributed by atoms with van der Waals surface area (Å²) >= 11 is 0. The van der Waals surface area contributed by atoms with Crippen molar-refractivity contribution in [1.29, 1.82) is 0 Å². The standard InChI is InChI=1S/C22H28N2O3S/c1-18-10-11-19(2)21(16-18)28(26,27)24(15-12-20-8-4-3-5-9-20)17-22(25)23-13-6-7-14-23/h3-5,8-11,16H,6-7,12-15,17H2,1-2H3. The first-order chi connectivity index (χ1) is 13.4. The molecule has 1 aliphatic rings. The van der Waals surface area contributed by atoms with Crippen molar-refractivity contribution in [1.82, 2.24) is 9.21 Å². The summed E-state index contributed by atoms with van der Waals surface area (Å²) in [4.78, 5) is 14.8. The Hall–Kier alpha value is -2.18. The van der Waals surface area contributed by atoms with E-state index in [1.54, 1.807) is 17.9 Å². The number of rotatable bonds is 7. The zero-order valence-corrected chi connectivity index (χ0v) is 17.4. The summed E-state index contributed by atoms with van der Waals surface area (Å²) in [5, 5.41) is 0. The summed E-state index contributed by atoms with van der Waals surface area (Å²) in [6.07, 6.45) is 2.54. The van der Waals surface area contributed by atoms with Crippen molar-refractivity contribution in [2.45, 2.75) is 38.0 Å². The van der Waals surface area contributed by atoms with Crippen LogP contribution in [-0.2, 0) is 21.2 Å². The normalized spacial score (nSPS) is 14.6. The quantitative estimate of drug-likeness (QED) is 0.717. The molecule has 1 saturated heterocycles. The van der Waals surface area contributed by atoms with Crippen LogP contribution in [0.1, 0.15) is 29.5 Å². The molecule has 0 aromatic heterocycles. The average molecular weight is 401 g/mol. The van der Waals surface area contributed by atoms with E-state index in [9.17, 15) is 13.2 Å². The molecule has 0 radical (unpaired) electrons. The Balaban J connectivity index is 1.87. The summed E-state index contributed by atoms with van der Waals surface area (Å²) in [6, 6.07) is 15.2. The van der Waals surface area contributed by atoms with Gasteiger partial charge in [0.2, 0.25) is 15.9 Å². The maximum atomic E-state index is 13.4. The van der Waals surface area contributed by atoms with E-state index in [4.69, 9.17) is 0 Å². The van der Waals surface area contributed by atoms with Crippen molar-refractivity contribution in [3.05, 3.63) is 65.2 Å². The van der Waals surface area contributed by atoms with Crippen molar-refractivity contribution in [3.63, 3.8) is 0 Å². The van der Waals surface area contributed by atoms with Gasteiger partial charge in [-0.2, -0.15) is 4.31 Å². The fourth-order valence-electron chi connectivity index (χ4n) is 3.52. The van der Waals surface area contributed by atoms with Gasteiger partial charge in [0, 0.05) is 19.6 Å². The Morgan fingerprint density at radius 2 is 1.71 bits per heavy atom. The third kappa shape index (κ3) is 4.80. The van der Waals surface area contributed by atoms with Crippen molar-refractivity contribution in [3.8, 4) is 0 Å². The zero-order chi connectivity index (χ0) is 20.1. The lowest BCUT2D eigenvalue weighted by Crippen LogP contribution is -2.43. The lowest BCUT2D eigenvalue weighted by molar-refractivity contribution is -0.130. The molecule has 1 heterocycles. The van der Waals surface area contributed by atoms with Crippen molar-refractivity contribution >= 4 is 15.9 Å². The predicted octanol–water partition coefficient (Wildman–Crippen LogP) is 3.16. The maximum Gasteiger partial charge on any atom is 0.243 e. The van der Waals surface area contributed by atoms with Crippen molar-refractivity contribution in [2.75, 3.05) is 26.2 Å². The molecule has 0 atom stereocenters. The molecule has 0 unspecified atom stereocenters. The number of sulfonamides is 1. The Morgan fingerprint density at radius 1 is 1.04 bits per heavy atom. The van der Waals surface area contributed by atoms with Crippen LogP contribution in [0.25, 0.3) is 0 Å². The zero-order valence-electron chi connectivity index (χ0n) is 16.6. The van der Waals surface area contributed by atoms with Crippen LogP contribution in [0.3, 0.4) is 0 Å². The molecule has 2 aromatic carbocycles. The molecule has 0 bridgehead atoms. The van der Waals surface area contributed by atoms with Gasteiger partial charge in [-0.1, -0.05) is 42.5 Å². The Kier molecular flexibility index (Phi) is 6.52. The average Bonchev–Trinajstić information content (AvgIpc) is 3.22. The summed E-state index contributed by atoms with van der Waals surface area (Å²) in [5.74, 6) is -0.112. The van der Waals surface area contributed by atoms with Gasteiger partial charge >= 0.3 is 0 Å². The number of benzene rings is 2. The molecule has 28 heavy (non-hydrogen) atoms. The minimum Gasteiger partial charge on any atom is -0.342 e. The first-order valence-corrected chi connectivity index (χ1v) is 11.2. The highest BCUT2D eigenvalue weighted by Gasteiger charge is 2.30. The van der Waals surface area contributed by atoms with Crippen LogP contribution >= 0.6 is 0 Å². The Bertz CT molecular complexity index is 920. The van der Waals surface area contributed by atoms with Gasteiger partial charge < -0.3 is 4.90 Å². The monoisotopic (exact) mass is 400 g/mol. The Morgan fingerprint density at radius 3 is 2.39 bits per heavy atom. The van der Waals surface area contributed by atoms with E-state index in [-0.39, 0.29) is 23.9 Å². The second-order valence-corrected chi connectivity index (χ2v) is 9.34. The molecule has 6 heteroatoms. The van der Waals surface area contributed by atoms with Gasteiger partial charge in [-0.05, 0) is 55.9 Å². The minimum absolute atomic E-state index is 0.109. The predicted molar refractivity (Wildman–Crippen MR) is 111 cm³/mol. The number of hydrogen-bond acceptors (Lipinski definition) is 3. The SMILES string of the molecule is Cc1ccc(C)c(S(=O)(=O)N(CCc2ccccc2)CC(=O)N2CCCC2)c1. The molecule has 0 saturated carbocycles. The van der Waals surface area contributed by atoms with E-state index < -0.39 is 10.0 Å². The summed E-state index contributed by atoms with van der Waals surface area (Å²) in [6.45, 7) is 5.28. The molecule has 5 nitrogen and oxygen atoms in total. The van der Waals surface area contributed by atoms with E-state index in [1.165, 1.54) is 4.31 Å². The van der Waals surface area contributed by atoms with Gasteiger partial charge in [-0.3, -0.25) is 4.79 Å². The number of aryl methyl sites for hydroxylation is 2. The molecule has 1 aliphatic heterocycles. The van der Waals surface area contributed by atoms with Crippen LogP contribution in [-0.4, -0.2) is 49.7 Å². The lowest BCUT2D eigenvalue weighted by Gasteiger charge is -2.25. The molecule has 0 N–H and O–H groups in total. The number of nitrogens with zero attached hydrogens (tertiary/aromatic N) is 2. The highest BCUT2D eigenvalue weighted by molar-refractivity contribution is 7.89. The first kappa shape index (κ1) is 20.6. The number of carbonyl (C=O) groups excluding carboxylic acids is 1. The van der Waals surface area contributed by atoms with E-state index in [0.29, 0.717) is 12.0 Å². The van der Waals surface area contributed by atoms with E-state index in [2.05, 4.69) is 0 Å². The number of amides is 1. The van der Waals surface area contributed by atoms with Crippen LogP contribution < -0.4 is 0 Å². The summed E-state index contributed by atoms with van der Waals surface area (Å²) in [5.41, 5.74) is 2.64. The van der Waals surface area contributed by atoms with E-state index in [0.717, 1.165) is 37.1 Å². The first-order valence-electron chi connectivity index (χ1n) is 9.77. The second kappa shape index (κ2) is 8.88. The molecule has 0 aliphatic carbocycles. The van der Waals surface area contributed by atoms with Gasteiger partial charge in [-0.15, -0.1) is 0 Å². The Labute approximate surface area is 168 Å². The topological polar surface area (TPSA) is 57.7 Å². The molecule has 3 rings (SSSR count). The molecular weight excluding hydrogens is 372 g/mol. The highest BCUT2D eigenvalue weighted by atomic mass is 32.2. The van der Waals surface area contributed by atoms with Gasteiger partial charge in [0.05, 0.1) is 11.4 Å². The van der Waals surface area contributed by atoms with Crippen LogP contribution in [0.5, 0.6) is 0 Å². The van der Waals surface area contributed by atoms with Crippen LogP contribution in [0.4, 0.5) is 0 Å². The van der Waals surface area contributed by atoms with Crippen LogP contribution in [0.2, 0.25) is 0 Å². The van der Waals surface area contributed by atoms with Crippen LogP contribution in [0.15, 0.2) is 53.4 Å². The fraction of sp³-hybridized carbons (Fsp3) is 0.409. The largest absolute Gasteiger partial charge is 0.342 e. The van der Waals surface area contributed by atoms with E-state index in [1.807, 2.05) is 49.4 Å². The molecule has 1 amide bonds. The number of likely N-dealkylation sites (tertiary alicyclic amines) is 1. The lowest BCUT2D eigenvalue weighted by atomic mass is 10.1.